The van der Waals surface area contributed by atoms with Gasteiger partial charge < -0.3 is 10.4 Å². The van der Waals surface area contributed by atoms with Crippen molar-refractivity contribution in [2.45, 2.75) is 5.54 Å². The van der Waals surface area contributed by atoms with Crippen LogP contribution in [0, 0.1) is 12.3 Å². The van der Waals surface area contributed by atoms with Crippen LogP contribution in [0.25, 0.3) is 0 Å². The molecular weight excluding hydrogens is 258 g/mol. The zero-order valence-electron chi connectivity index (χ0n) is 10.3. The SMILES string of the molecule is C#C[C@](CO)(Nc1ccc(Cl)cc1)c1ccccc1. The van der Waals surface area contributed by atoms with Crippen molar-refractivity contribution in [3.8, 4) is 12.3 Å². The number of aliphatic hydroxyl groups excluding tert-OH is 1. The first-order chi connectivity index (χ1) is 9.20. The molecule has 2 aromatic rings. The Morgan fingerprint density at radius 1 is 1.11 bits per heavy atom. The fourth-order valence-electron chi connectivity index (χ4n) is 1.87. The summed E-state index contributed by atoms with van der Waals surface area (Å²) in [6.07, 6.45) is 5.63. The second kappa shape index (κ2) is 5.79. The quantitative estimate of drug-likeness (QED) is 0.837. The number of rotatable bonds is 4. The van der Waals surface area contributed by atoms with Crippen LogP contribution in [-0.2, 0) is 5.54 Å². The summed E-state index contributed by atoms with van der Waals surface area (Å²) in [4.78, 5) is 0. The maximum atomic E-state index is 9.71. The fraction of sp³-hybridized carbons (Fsp3) is 0.125. The zero-order valence-corrected chi connectivity index (χ0v) is 11.1. The third-order valence-electron chi connectivity index (χ3n) is 2.95. The molecule has 0 aliphatic rings. The van der Waals surface area contributed by atoms with E-state index in [2.05, 4.69) is 11.2 Å². The molecule has 3 heteroatoms. The van der Waals surface area contributed by atoms with Gasteiger partial charge in [0.1, 0.15) is 5.54 Å². The number of hydrogen-bond acceptors (Lipinski definition) is 2. The average molecular weight is 272 g/mol. The van der Waals surface area contributed by atoms with Crippen LogP contribution in [0.2, 0.25) is 5.02 Å². The van der Waals surface area contributed by atoms with Crippen LogP contribution >= 0.6 is 11.6 Å². The first kappa shape index (κ1) is 13.5. The molecule has 1 atom stereocenters. The molecule has 0 saturated heterocycles. The second-order valence-corrected chi connectivity index (χ2v) is 4.64. The highest BCUT2D eigenvalue weighted by Crippen LogP contribution is 2.26. The van der Waals surface area contributed by atoms with Crippen molar-refractivity contribution >= 4 is 17.3 Å². The van der Waals surface area contributed by atoms with Crippen molar-refractivity contribution in [2.75, 3.05) is 11.9 Å². The van der Waals surface area contributed by atoms with E-state index in [1.165, 1.54) is 0 Å². The number of nitrogens with one attached hydrogen (secondary N) is 1. The maximum absolute atomic E-state index is 9.71. The van der Waals surface area contributed by atoms with Crippen molar-refractivity contribution in [2.24, 2.45) is 0 Å². The summed E-state index contributed by atoms with van der Waals surface area (Å²) in [5, 5.41) is 13.6. The standard InChI is InChI=1S/C16H14ClNO/c1-2-16(12-19,13-6-4-3-5-7-13)18-15-10-8-14(17)9-11-15/h1,3-11,18-19H,12H2/t16-/m1/s1. The molecule has 96 valence electrons. The number of aliphatic hydroxyl groups is 1. The Morgan fingerprint density at radius 3 is 2.26 bits per heavy atom. The van der Waals surface area contributed by atoms with Crippen molar-refractivity contribution < 1.29 is 5.11 Å². The van der Waals surface area contributed by atoms with Crippen LogP contribution in [0.3, 0.4) is 0 Å². The molecule has 0 amide bonds. The van der Waals surface area contributed by atoms with E-state index >= 15 is 0 Å². The summed E-state index contributed by atoms with van der Waals surface area (Å²) in [5.74, 6) is 2.65. The molecule has 0 heterocycles. The van der Waals surface area contributed by atoms with Crippen LogP contribution in [0.4, 0.5) is 5.69 Å². The molecule has 2 N–H and O–H groups in total. The van der Waals surface area contributed by atoms with Gasteiger partial charge in [-0.25, -0.2) is 0 Å². The summed E-state index contributed by atoms with van der Waals surface area (Å²) in [5.41, 5.74) is 0.713. The minimum Gasteiger partial charge on any atom is -0.393 e. The Bertz CT molecular complexity index is 574. The van der Waals surface area contributed by atoms with Crippen LogP contribution in [0.15, 0.2) is 54.6 Å². The lowest BCUT2D eigenvalue weighted by Crippen LogP contribution is -2.37. The Labute approximate surface area is 118 Å². The molecule has 0 fully saturated rings. The van der Waals surface area contributed by atoms with Gasteiger partial charge in [0.05, 0.1) is 6.61 Å². The predicted molar refractivity (Wildman–Crippen MR) is 79.1 cm³/mol. The molecule has 0 bridgehead atoms. The van der Waals surface area contributed by atoms with Gasteiger partial charge in [0.25, 0.3) is 0 Å². The van der Waals surface area contributed by atoms with Gasteiger partial charge in [-0.1, -0.05) is 47.9 Å². The van der Waals surface area contributed by atoms with Crippen LogP contribution < -0.4 is 5.32 Å². The van der Waals surface area contributed by atoms with E-state index < -0.39 is 5.54 Å². The second-order valence-electron chi connectivity index (χ2n) is 4.21. The molecule has 2 aromatic carbocycles. The van der Waals surface area contributed by atoms with Crippen LogP contribution in [0.1, 0.15) is 5.56 Å². The summed E-state index contributed by atoms with van der Waals surface area (Å²) in [6, 6.07) is 16.7. The summed E-state index contributed by atoms with van der Waals surface area (Å²) < 4.78 is 0. The molecule has 0 aromatic heterocycles. The third kappa shape index (κ3) is 2.90. The largest absolute Gasteiger partial charge is 0.393 e. The van der Waals surface area contributed by atoms with E-state index in [1.54, 1.807) is 12.1 Å². The highest BCUT2D eigenvalue weighted by Gasteiger charge is 2.28. The summed E-state index contributed by atoms with van der Waals surface area (Å²) >= 11 is 5.85. The first-order valence-corrected chi connectivity index (χ1v) is 6.26. The lowest BCUT2D eigenvalue weighted by atomic mass is 9.91. The van der Waals surface area contributed by atoms with Gasteiger partial charge in [-0.05, 0) is 29.8 Å². The van der Waals surface area contributed by atoms with Crippen molar-refractivity contribution in [3.05, 3.63) is 65.2 Å². The third-order valence-corrected chi connectivity index (χ3v) is 3.20. The molecular formula is C16H14ClNO. The van der Waals surface area contributed by atoms with Gasteiger partial charge in [-0.3, -0.25) is 0 Å². The number of terminal acetylenes is 1. The normalized spacial score (nSPS) is 13.3. The van der Waals surface area contributed by atoms with Gasteiger partial charge in [0.2, 0.25) is 0 Å². The molecule has 0 saturated carbocycles. The van der Waals surface area contributed by atoms with Crippen molar-refractivity contribution in [1.29, 1.82) is 0 Å². The van der Waals surface area contributed by atoms with E-state index in [1.807, 2.05) is 42.5 Å². The van der Waals surface area contributed by atoms with Gasteiger partial charge in [0, 0.05) is 10.7 Å². The summed E-state index contributed by atoms with van der Waals surface area (Å²) in [6.45, 7) is -0.198. The lowest BCUT2D eigenvalue weighted by Gasteiger charge is -2.29. The van der Waals surface area contributed by atoms with Gasteiger partial charge in [-0.15, -0.1) is 6.42 Å². The lowest BCUT2D eigenvalue weighted by molar-refractivity contribution is 0.246. The molecule has 0 spiro atoms. The Kier molecular flexibility index (Phi) is 4.11. The van der Waals surface area contributed by atoms with Crippen molar-refractivity contribution in [1.82, 2.24) is 0 Å². The van der Waals surface area contributed by atoms with E-state index in [0.29, 0.717) is 5.02 Å². The van der Waals surface area contributed by atoms with Gasteiger partial charge in [-0.2, -0.15) is 0 Å². The topological polar surface area (TPSA) is 32.3 Å². The Hall–Kier alpha value is -1.95. The highest BCUT2D eigenvalue weighted by atomic mass is 35.5. The number of benzene rings is 2. The monoisotopic (exact) mass is 271 g/mol. The Balaban J connectivity index is 2.36. The molecule has 19 heavy (non-hydrogen) atoms. The minimum atomic E-state index is -0.935. The fourth-order valence-corrected chi connectivity index (χ4v) is 2.00. The van der Waals surface area contributed by atoms with Crippen molar-refractivity contribution in [3.63, 3.8) is 0 Å². The zero-order chi connectivity index (χ0) is 13.7. The molecule has 0 aliphatic heterocycles. The smallest absolute Gasteiger partial charge is 0.148 e. The number of halogens is 1. The van der Waals surface area contributed by atoms with E-state index in [9.17, 15) is 5.11 Å². The molecule has 0 unspecified atom stereocenters. The number of hydrogen-bond donors (Lipinski definition) is 2. The Morgan fingerprint density at radius 2 is 1.74 bits per heavy atom. The average Bonchev–Trinajstić information content (AvgIpc) is 2.48. The highest BCUT2D eigenvalue weighted by molar-refractivity contribution is 6.30. The molecule has 0 radical (unpaired) electrons. The van der Waals surface area contributed by atoms with Crippen LogP contribution in [-0.4, -0.2) is 11.7 Å². The van der Waals surface area contributed by atoms with Gasteiger partial charge in [0.15, 0.2) is 0 Å². The molecule has 0 aliphatic carbocycles. The molecule has 2 rings (SSSR count). The number of anilines is 1. The van der Waals surface area contributed by atoms with Gasteiger partial charge >= 0.3 is 0 Å². The predicted octanol–water partition coefficient (Wildman–Crippen LogP) is 3.27. The summed E-state index contributed by atoms with van der Waals surface area (Å²) in [7, 11) is 0. The van der Waals surface area contributed by atoms with E-state index in [0.717, 1.165) is 11.3 Å². The molecule has 2 nitrogen and oxygen atoms in total. The minimum absolute atomic E-state index is 0.198. The van der Waals surface area contributed by atoms with E-state index in [-0.39, 0.29) is 6.61 Å². The maximum Gasteiger partial charge on any atom is 0.148 e. The first-order valence-electron chi connectivity index (χ1n) is 5.88. The van der Waals surface area contributed by atoms with Crippen LogP contribution in [0.5, 0.6) is 0 Å². The van der Waals surface area contributed by atoms with E-state index in [4.69, 9.17) is 18.0 Å².